The van der Waals surface area contributed by atoms with Crippen molar-refractivity contribution in [1.29, 1.82) is 0 Å². The second-order valence-electron chi connectivity index (χ2n) is 7.59. The average molecular weight is 463 g/mol. The number of nitrogens with zero attached hydrogens (tertiary/aromatic N) is 4. The summed E-state index contributed by atoms with van der Waals surface area (Å²) in [5.74, 6) is 0.0659. The molecule has 3 aromatic rings. The summed E-state index contributed by atoms with van der Waals surface area (Å²) in [7, 11) is 1.38. The zero-order valence-electron chi connectivity index (χ0n) is 18.1. The van der Waals surface area contributed by atoms with Crippen LogP contribution in [0.25, 0.3) is 0 Å². The van der Waals surface area contributed by atoms with E-state index in [0.29, 0.717) is 30.8 Å². The van der Waals surface area contributed by atoms with Crippen molar-refractivity contribution in [3.8, 4) is 0 Å². The minimum absolute atomic E-state index is 0.247. The maximum Gasteiger partial charge on any atom is 0.337 e. The molecule has 0 spiro atoms. The Labute approximate surface area is 196 Å². The highest BCUT2D eigenvalue weighted by Crippen LogP contribution is 2.24. The second-order valence-corrected chi connectivity index (χ2v) is 8.53. The van der Waals surface area contributed by atoms with Gasteiger partial charge in [0, 0.05) is 37.4 Å². The van der Waals surface area contributed by atoms with Gasteiger partial charge in [-0.3, -0.25) is 0 Å². The van der Waals surface area contributed by atoms with Gasteiger partial charge in [-0.2, -0.15) is 0 Å². The molecule has 0 radical (unpaired) electrons. The molecule has 2 aromatic carbocycles. The molecule has 0 aliphatic carbocycles. The van der Waals surface area contributed by atoms with E-state index in [1.54, 1.807) is 42.4 Å². The Balaban J connectivity index is 1.53. The number of rotatable bonds is 7. The lowest BCUT2D eigenvalue weighted by atomic mass is 10.1. The number of esters is 1. The average Bonchev–Trinajstić information content (AvgIpc) is 2.85. The van der Waals surface area contributed by atoms with Gasteiger partial charge in [-0.15, -0.1) is 0 Å². The first-order valence-electron chi connectivity index (χ1n) is 10.4. The molecule has 0 unspecified atom stereocenters. The number of amidine groups is 1. The van der Waals surface area contributed by atoms with Gasteiger partial charge < -0.3 is 9.64 Å². The summed E-state index contributed by atoms with van der Waals surface area (Å²) in [6.07, 6.45) is 7.74. The molecular weight excluding hydrogens is 439 g/mol. The lowest BCUT2D eigenvalue weighted by Crippen LogP contribution is -2.33. The van der Waals surface area contributed by atoms with E-state index in [9.17, 15) is 9.18 Å². The van der Waals surface area contributed by atoms with Gasteiger partial charge in [0.1, 0.15) is 12.1 Å². The van der Waals surface area contributed by atoms with Gasteiger partial charge in [-0.05, 0) is 52.9 Å². The van der Waals surface area contributed by atoms with E-state index in [-0.39, 0.29) is 11.8 Å². The van der Waals surface area contributed by atoms with Gasteiger partial charge in [0.05, 0.1) is 12.7 Å². The van der Waals surface area contributed by atoms with Crippen molar-refractivity contribution in [2.75, 3.05) is 13.7 Å². The Kier molecular flexibility index (Phi) is 7.47. The number of hydrogen-bond donors (Lipinski definition) is 0. The molecule has 168 valence electrons. The molecule has 1 aliphatic heterocycles. The van der Waals surface area contributed by atoms with E-state index in [1.807, 2.05) is 24.4 Å². The number of aliphatic imine (C=N–C) groups is 1. The van der Waals surface area contributed by atoms with Crippen molar-refractivity contribution in [3.05, 3.63) is 107 Å². The van der Waals surface area contributed by atoms with Crippen molar-refractivity contribution in [2.24, 2.45) is 4.99 Å². The van der Waals surface area contributed by atoms with E-state index >= 15 is 0 Å². The maximum absolute atomic E-state index is 13.2. The summed E-state index contributed by atoms with van der Waals surface area (Å²) in [6.45, 7) is 1.27. The Bertz CT molecular complexity index is 1170. The van der Waals surface area contributed by atoms with Crippen molar-refractivity contribution < 1.29 is 13.9 Å². The van der Waals surface area contributed by atoms with E-state index in [2.05, 4.69) is 14.9 Å². The van der Waals surface area contributed by atoms with Crippen LogP contribution in [0.4, 0.5) is 4.39 Å². The van der Waals surface area contributed by atoms with Gasteiger partial charge in [-0.25, -0.2) is 24.1 Å². The largest absolute Gasteiger partial charge is 0.465 e. The standard InChI is InChI=1S/C25H23FN4O2S/c1-32-24(31)22-4-2-3-19(10-22)14-30-15-21(9-20-11-27-17-28-12-20)13-29-25(30)33-16-18-5-7-23(26)8-6-18/h2-8,10-13,17H,9,14-16H2,1H3. The molecule has 0 atom stereocenters. The fraction of sp³-hybridized carbons (Fsp3) is 0.200. The molecular formula is C25H23FN4O2S. The second kappa shape index (κ2) is 10.9. The molecule has 4 rings (SSSR count). The molecule has 0 fully saturated rings. The van der Waals surface area contributed by atoms with Crippen LogP contribution in [0.3, 0.4) is 0 Å². The first-order valence-corrected chi connectivity index (χ1v) is 11.4. The third kappa shape index (κ3) is 6.26. The minimum atomic E-state index is -0.361. The van der Waals surface area contributed by atoms with E-state index in [0.717, 1.165) is 27.4 Å². The van der Waals surface area contributed by atoms with Crippen molar-refractivity contribution in [2.45, 2.75) is 18.7 Å². The zero-order valence-corrected chi connectivity index (χ0v) is 19.0. The molecule has 6 nitrogen and oxygen atoms in total. The lowest BCUT2D eigenvalue weighted by Gasteiger charge is -2.29. The number of methoxy groups -OCH3 is 1. The van der Waals surface area contributed by atoms with E-state index < -0.39 is 0 Å². The summed E-state index contributed by atoms with van der Waals surface area (Å²) in [6, 6.07) is 13.9. The topological polar surface area (TPSA) is 67.7 Å². The summed E-state index contributed by atoms with van der Waals surface area (Å²) in [4.78, 5) is 27.0. The molecule has 0 amide bonds. The zero-order chi connectivity index (χ0) is 23.0. The van der Waals surface area contributed by atoms with Gasteiger partial charge in [0.25, 0.3) is 0 Å². The molecule has 33 heavy (non-hydrogen) atoms. The highest BCUT2D eigenvalue weighted by atomic mass is 32.2. The number of benzene rings is 2. The number of thioether (sulfide) groups is 1. The highest BCUT2D eigenvalue weighted by Gasteiger charge is 2.19. The number of ether oxygens (including phenoxy) is 1. The molecule has 0 N–H and O–H groups in total. The fourth-order valence-electron chi connectivity index (χ4n) is 3.48. The van der Waals surface area contributed by atoms with Crippen molar-refractivity contribution in [1.82, 2.24) is 14.9 Å². The van der Waals surface area contributed by atoms with Crippen LogP contribution in [0.15, 0.2) is 84.0 Å². The summed E-state index contributed by atoms with van der Waals surface area (Å²) in [5.41, 5.74) is 4.68. The molecule has 1 aromatic heterocycles. The Morgan fingerprint density at radius 2 is 1.88 bits per heavy atom. The smallest absolute Gasteiger partial charge is 0.337 e. The van der Waals surface area contributed by atoms with Crippen molar-refractivity contribution >= 4 is 22.9 Å². The third-order valence-corrected chi connectivity index (χ3v) is 6.17. The van der Waals surface area contributed by atoms with Crippen LogP contribution in [0.2, 0.25) is 0 Å². The van der Waals surface area contributed by atoms with Gasteiger partial charge in [0.2, 0.25) is 0 Å². The quantitative estimate of drug-likeness (QED) is 0.477. The Morgan fingerprint density at radius 1 is 1.09 bits per heavy atom. The summed E-state index contributed by atoms with van der Waals surface area (Å²) in [5, 5.41) is 0.871. The lowest BCUT2D eigenvalue weighted by molar-refractivity contribution is 0.0600. The van der Waals surface area contributed by atoms with Gasteiger partial charge in [-0.1, -0.05) is 36.0 Å². The molecule has 2 heterocycles. The van der Waals surface area contributed by atoms with Crippen LogP contribution >= 0.6 is 11.8 Å². The van der Waals surface area contributed by atoms with Crippen LogP contribution in [0.5, 0.6) is 0 Å². The molecule has 0 saturated carbocycles. The first-order chi connectivity index (χ1) is 16.1. The highest BCUT2D eigenvalue weighted by molar-refractivity contribution is 8.13. The van der Waals surface area contributed by atoms with Gasteiger partial charge in [0.15, 0.2) is 5.17 Å². The van der Waals surface area contributed by atoms with Gasteiger partial charge >= 0.3 is 5.97 Å². The van der Waals surface area contributed by atoms with Crippen LogP contribution < -0.4 is 0 Å². The molecule has 1 aliphatic rings. The number of hydrogen-bond acceptors (Lipinski definition) is 7. The first kappa shape index (κ1) is 22.7. The predicted molar refractivity (Wildman–Crippen MR) is 127 cm³/mol. The van der Waals surface area contributed by atoms with E-state index in [1.165, 1.54) is 25.6 Å². The Hall–Kier alpha value is -3.52. The van der Waals surface area contributed by atoms with Crippen LogP contribution in [0.1, 0.15) is 27.0 Å². The minimum Gasteiger partial charge on any atom is -0.465 e. The number of aromatic nitrogens is 2. The predicted octanol–water partition coefficient (Wildman–Crippen LogP) is 4.63. The van der Waals surface area contributed by atoms with Crippen LogP contribution in [-0.2, 0) is 23.5 Å². The van der Waals surface area contributed by atoms with E-state index in [4.69, 9.17) is 9.73 Å². The number of carbonyl (C=O) groups is 1. The Morgan fingerprint density at radius 3 is 2.64 bits per heavy atom. The molecule has 0 saturated heterocycles. The summed E-state index contributed by atoms with van der Waals surface area (Å²) >= 11 is 1.60. The third-order valence-electron chi connectivity index (χ3n) is 5.07. The molecule has 0 bridgehead atoms. The summed E-state index contributed by atoms with van der Waals surface area (Å²) < 4.78 is 18.1. The number of halogens is 1. The normalized spacial score (nSPS) is 13.3. The fourth-order valence-corrected chi connectivity index (χ4v) is 4.41. The number of carbonyl (C=O) groups excluding carboxylic acids is 1. The molecule has 8 heteroatoms. The monoisotopic (exact) mass is 462 g/mol. The van der Waals surface area contributed by atoms with Crippen LogP contribution in [0, 0.1) is 5.82 Å². The maximum atomic E-state index is 13.2. The van der Waals surface area contributed by atoms with Crippen LogP contribution in [-0.4, -0.2) is 39.7 Å². The SMILES string of the molecule is COC(=O)c1cccc(CN2CC(Cc3cncnc3)=CN=C2SCc2ccc(F)cc2)c1. The van der Waals surface area contributed by atoms with Crippen molar-refractivity contribution in [3.63, 3.8) is 0 Å².